The molecule has 2 heterocycles. The zero-order valence-electron chi connectivity index (χ0n) is 13.5. The molecule has 1 N–H and O–H groups in total. The Morgan fingerprint density at radius 2 is 2.21 bits per heavy atom. The molecule has 1 aliphatic rings. The lowest BCUT2D eigenvalue weighted by Crippen LogP contribution is -2.38. The van der Waals surface area contributed by atoms with Gasteiger partial charge in [0, 0.05) is 25.9 Å². The Kier molecular flexibility index (Phi) is 4.89. The summed E-state index contributed by atoms with van der Waals surface area (Å²) in [6.45, 7) is 2.93. The van der Waals surface area contributed by atoms with Crippen LogP contribution in [-0.2, 0) is 4.79 Å². The van der Waals surface area contributed by atoms with E-state index < -0.39 is 11.9 Å². The maximum atomic E-state index is 13.2. The summed E-state index contributed by atoms with van der Waals surface area (Å²) < 4.78 is 18.2. The number of aliphatic hydroxyl groups excluding tert-OH is 1. The molecule has 0 bridgehead atoms. The number of amides is 1. The number of aryl methyl sites for hydroxylation is 1. The minimum atomic E-state index is -0.995. The Hall–Kier alpha value is -2.28. The molecule has 2 aromatic rings. The third-order valence-electron chi connectivity index (χ3n) is 4.36. The third kappa shape index (κ3) is 3.79. The van der Waals surface area contributed by atoms with Gasteiger partial charge in [-0.15, -0.1) is 0 Å². The highest BCUT2D eigenvalue weighted by Gasteiger charge is 2.27. The van der Waals surface area contributed by atoms with Crippen molar-refractivity contribution in [3.8, 4) is 0 Å². The van der Waals surface area contributed by atoms with Crippen molar-refractivity contribution in [2.75, 3.05) is 13.1 Å². The minimum Gasteiger partial charge on any atom is -0.388 e. The van der Waals surface area contributed by atoms with Crippen molar-refractivity contribution in [2.24, 2.45) is 0 Å². The van der Waals surface area contributed by atoms with Gasteiger partial charge in [0.25, 0.3) is 0 Å². The first kappa shape index (κ1) is 16.6. The Morgan fingerprint density at radius 1 is 1.46 bits per heavy atom. The molecule has 1 aromatic carbocycles. The molecule has 1 aromatic heterocycles. The normalized spacial score (nSPS) is 17.0. The molecule has 0 radical (unpaired) electrons. The number of hydrogen-bond acceptors (Lipinski definition) is 5. The fourth-order valence-electron chi connectivity index (χ4n) is 2.99. The second-order valence-electron chi connectivity index (χ2n) is 6.10. The Balaban J connectivity index is 1.53. The van der Waals surface area contributed by atoms with Crippen molar-refractivity contribution < 1.29 is 18.8 Å². The number of carbonyl (C=O) groups is 1. The van der Waals surface area contributed by atoms with E-state index in [0.29, 0.717) is 30.4 Å². The van der Waals surface area contributed by atoms with Crippen molar-refractivity contribution in [2.45, 2.75) is 38.2 Å². The monoisotopic (exact) mass is 333 g/mol. The molecule has 1 aliphatic heterocycles. The Bertz CT molecular complexity index is 711. The van der Waals surface area contributed by atoms with Gasteiger partial charge in [0.05, 0.1) is 12.5 Å². The molecule has 1 atom stereocenters. The number of benzene rings is 1. The van der Waals surface area contributed by atoms with Crippen molar-refractivity contribution >= 4 is 5.91 Å². The quantitative estimate of drug-likeness (QED) is 0.929. The van der Waals surface area contributed by atoms with Gasteiger partial charge in [0.1, 0.15) is 5.82 Å². The summed E-state index contributed by atoms with van der Waals surface area (Å²) in [6, 6.07) is 5.70. The second-order valence-corrected chi connectivity index (χ2v) is 6.10. The van der Waals surface area contributed by atoms with Gasteiger partial charge < -0.3 is 14.5 Å². The van der Waals surface area contributed by atoms with Crippen LogP contribution in [0.2, 0.25) is 0 Å². The maximum Gasteiger partial charge on any atom is 0.225 e. The van der Waals surface area contributed by atoms with Gasteiger partial charge in [-0.1, -0.05) is 17.3 Å². The topological polar surface area (TPSA) is 79.5 Å². The molecule has 7 heteroatoms. The molecule has 1 saturated heterocycles. The summed E-state index contributed by atoms with van der Waals surface area (Å²) in [5.41, 5.74) is 0.417. The zero-order valence-corrected chi connectivity index (χ0v) is 13.5. The first-order valence-corrected chi connectivity index (χ1v) is 8.04. The van der Waals surface area contributed by atoms with E-state index in [9.17, 15) is 14.3 Å². The van der Waals surface area contributed by atoms with Crippen LogP contribution in [0.15, 0.2) is 28.8 Å². The van der Waals surface area contributed by atoms with Gasteiger partial charge in [-0.25, -0.2) is 4.39 Å². The van der Waals surface area contributed by atoms with Crippen LogP contribution in [-0.4, -0.2) is 39.1 Å². The molecule has 0 saturated carbocycles. The molecule has 1 unspecified atom stereocenters. The number of likely N-dealkylation sites (tertiary alicyclic amines) is 1. The van der Waals surface area contributed by atoms with Crippen LogP contribution in [0.4, 0.5) is 4.39 Å². The lowest BCUT2D eigenvalue weighted by molar-refractivity contribution is -0.134. The minimum absolute atomic E-state index is 0.0462. The van der Waals surface area contributed by atoms with Crippen molar-refractivity contribution in [1.29, 1.82) is 0 Å². The molecule has 6 nitrogen and oxygen atoms in total. The molecular weight excluding hydrogens is 313 g/mol. The second kappa shape index (κ2) is 7.09. The predicted molar refractivity (Wildman–Crippen MR) is 83.6 cm³/mol. The van der Waals surface area contributed by atoms with Gasteiger partial charge in [0.2, 0.25) is 11.8 Å². The fraction of sp³-hybridized carbons (Fsp3) is 0.471. The highest BCUT2D eigenvalue weighted by molar-refractivity contribution is 5.77. The number of halogens is 1. The van der Waals surface area contributed by atoms with Crippen molar-refractivity contribution in [3.63, 3.8) is 0 Å². The highest BCUT2D eigenvalue weighted by Crippen LogP contribution is 2.27. The van der Waals surface area contributed by atoms with Crippen LogP contribution in [0.25, 0.3) is 0 Å². The molecule has 1 amide bonds. The molecule has 0 aliphatic carbocycles. The van der Waals surface area contributed by atoms with E-state index in [2.05, 4.69) is 10.1 Å². The van der Waals surface area contributed by atoms with Crippen LogP contribution >= 0.6 is 0 Å². The van der Waals surface area contributed by atoms with E-state index in [0.717, 1.165) is 12.8 Å². The van der Waals surface area contributed by atoms with Crippen LogP contribution in [0, 0.1) is 12.7 Å². The summed E-state index contributed by atoms with van der Waals surface area (Å²) >= 11 is 0. The largest absolute Gasteiger partial charge is 0.388 e. The van der Waals surface area contributed by atoms with Crippen LogP contribution in [0.1, 0.15) is 48.6 Å². The molecule has 1 fully saturated rings. The summed E-state index contributed by atoms with van der Waals surface area (Å²) in [6.07, 6.45) is 0.488. The van der Waals surface area contributed by atoms with Gasteiger partial charge in [-0.2, -0.15) is 4.98 Å². The van der Waals surface area contributed by atoms with E-state index in [-0.39, 0.29) is 18.2 Å². The number of hydrogen-bond donors (Lipinski definition) is 1. The SMILES string of the molecule is Cc1nc(C2CCN(C(=O)CC(O)c3cccc(F)c3)CC2)no1. The summed E-state index contributed by atoms with van der Waals surface area (Å²) in [7, 11) is 0. The van der Waals surface area contributed by atoms with Crippen molar-refractivity contribution in [3.05, 3.63) is 47.4 Å². The Labute approximate surface area is 139 Å². The summed E-state index contributed by atoms with van der Waals surface area (Å²) in [5.74, 6) is 0.880. The van der Waals surface area contributed by atoms with Crippen LogP contribution < -0.4 is 0 Å². The lowest BCUT2D eigenvalue weighted by Gasteiger charge is -2.31. The maximum absolute atomic E-state index is 13.2. The number of rotatable bonds is 4. The molecular formula is C17H20FN3O3. The van der Waals surface area contributed by atoms with Gasteiger partial charge in [-0.3, -0.25) is 4.79 Å². The first-order chi connectivity index (χ1) is 11.5. The van der Waals surface area contributed by atoms with E-state index >= 15 is 0 Å². The van der Waals surface area contributed by atoms with Crippen LogP contribution in [0.3, 0.4) is 0 Å². The fourth-order valence-corrected chi connectivity index (χ4v) is 2.99. The standard InChI is InChI=1S/C17H20FN3O3/c1-11-19-17(20-24-11)12-5-7-21(8-6-12)16(23)10-15(22)13-3-2-4-14(18)9-13/h2-4,9,12,15,22H,5-8,10H2,1H3. The Morgan fingerprint density at radius 3 is 2.83 bits per heavy atom. The molecule has 0 spiro atoms. The van der Waals surface area contributed by atoms with E-state index in [1.807, 2.05) is 0 Å². The van der Waals surface area contributed by atoms with Crippen LogP contribution in [0.5, 0.6) is 0 Å². The number of carbonyl (C=O) groups excluding carboxylic acids is 1. The zero-order chi connectivity index (χ0) is 17.1. The van der Waals surface area contributed by atoms with Crippen molar-refractivity contribution in [1.82, 2.24) is 15.0 Å². The number of aromatic nitrogens is 2. The molecule has 128 valence electrons. The van der Waals surface area contributed by atoms with E-state index in [1.54, 1.807) is 17.9 Å². The summed E-state index contributed by atoms with van der Waals surface area (Å²) in [4.78, 5) is 18.3. The van der Waals surface area contributed by atoms with Gasteiger partial charge >= 0.3 is 0 Å². The van der Waals surface area contributed by atoms with Gasteiger partial charge in [0.15, 0.2) is 5.82 Å². The smallest absolute Gasteiger partial charge is 0.225 e. The lowest BCUT2D eigenvalue weighted by atomic mass is 9.95. The predicted octanol–water partition coefficient (Wildman–Crippen LogP) is 2.35. The average Bonchev–Trinajstić information content (AvgIpc) is 3.01. The third-order valence-corrected chi connectivity index (χ3v) is 4.36. The number of aliphatic hydroxyl groups is 1. The number of piperidine rings is 1. The average molecular weight is 333 g/mol. The molecule has 3 rings (SSSR count). The molecule has 24 heavy (non-hydrogen) atoms. The number of nitrogens with zero attached hydrogens (tertiary/aromatic N) is 3. The van der Waals surface area contributed by atoms with E-state index in [4.69, 9.17) is 4.52 Å². The summed E-state index contributed by atoms with van der Waals surface area (Å²) in [5, 5.41) is 14.1. The first-order valence-electron chi connectivity index (χ1n) is 8.04. The van der Waals surface area contributed by atoms with Gasteiger partial charge in [-0.05, 0) is 30.5 Å². The highest BCUT2D eigenvalue weighted by atomic mass is 19.1. The van der Waals surface area contributed by atoms with E-state index in [1.165, 1.54) is 18.2 Å².